The second kappa shape index (κ2) is 13.8. The lowest BCUT2D eigenvalue weighted by Crippen LogP contribution is -2.48. The molecule has 1 saturated heterocycles. The van der Waals surface area contributed by atoms with E-state index >= 15 is 0 Å². The van der Waals surface area contributed by atoms with Gasteiger partial charge in [0.25, 0.3) is 0 Å². The fourth-order valence-corrected chi connectivity index (χ4v) is 7.08. The zero-order valence-corrected chi connectivity index (χ0v) is 28.5. The molecule has 9 heteroatoms. The number of aromatic amines is 1. The van der Waals surface area contributed by atoms with Crippen LogP contribution in [0.4, 0.5) is 0 Å². The van der Waals surface area contributed by atoms with E-state index in [1.54, 1.807) is 91.0 Å². The number of aryl methyl sites for hydroxylation is 2. The highest BCUT2D eigenvalue weighted by atomic mass is 16.7. The van der Waals surface area contributed by atoms with Crippen LogP contribution in [0.1, 0.15) is 48.4 Å². The number of carbonyl (C=O) groups excluding carboxylic acids is 3. The Bertz CT molecular complexity index is 2440. The molecule has 0 aliphatic carbocycles. The first-order valence-electron chi connectivity index (χ1n) is 17.1. The normalized spacial score (nSPS) is 18.4. The van der Waals surface area contributed by atoms with Gasteiger partial charge in [-0.05, 0) is 72.8 Å². The summed E-state index contributed by atoms with van der Waals surface area (Å²) in [6.07, 6.45) is -0.365. The number of benzene rings is 5. The molecule has 4 atom stereocenters. The molecule has 0 spiro atoms. The number of nitrogens with zero attached hydrogens (tertiary/aromatic N) is 1. The third kappa shape index (κ3) is 6.05. The van der Waals surface area contributed by atoms with Crippen molar-refractivity contribution in [1.82, 2.24) is 4.98 Å². The number of carbonyl (C=O) groups is 3. The van der Waals surface area contributed by atoms with Gasteiger partial charge in [-0.2, -0.15) is 4.57 Å². The molecule has 8 rings (SSSR count). The van der Waals surface area contributed by atoms with Gasteiger partial charge in [0.05, 0.1) is 22.2 Å². The average Bonchev–Trinajstić information content (AvgIpc) is 3.75. The molecule has 3 heterocycles. The minimum Gasteiger partial charge on any atom is -0.459 e. The summed E-state index contributed by atoms with van der Waals surface area (Å²) in [6.45, 7) is 3.92. The van der Waals surface area contributed by atoms with Crippen LogP contribution < -0.4 is 4.57 Å². The van der Waals surface area contributed by atoms with Crippen molar-refractivity contribution in [3.8, 4) is 0 Å². The number of hydrogen-bond donors (Lipinski definition) is 1. The van der Waals surface area contributed by atoms with Gasteiger partial charge in [-0.1, -0.05) is 72.8 Å². The molecule has 5 aromatic carbocycles. The zero-order chi connectivity index (χ0) is 35.8. The molecule has 9 nitrogen and oxygen atoms in total. The number of rotatable bonds is 8. The molecule has 0 unspecified atom stereocenters. The highest BCUT2D eigenvalue weighted by Crippen LogP contribution is 2.37. The van der Waals surface area contributed by atoms with Crippen LogP contribution in [0.15, 0.2) is 134 Å². The number of pyridine rings is 1. The number of esters is 3. The van der Waals surface area contributed by atoms with E-state index in [1.807, 2.05) is 35.2 Å². The second-order valence-electron chi connectivity index (χ2n) is 12.9. The molecule has 2 aromatic heterocycles. The molecule has 1 aliphatic heterocycles. The Morgan fingerprint density at radius 3 is 1.83 bits per heavy atom. The fourth-order valence-electron chi connectivity index (χ4n) is 7.08. The SMILES string of the molecule is Cc1c2cc[n+]([C@@H]3O[C@H](COC(=O)c4ccccc4)[C@H](OC(=O)c4ccccc4)[C@H]3OC(=O)c3ccccc3)cc2c(C)c2c1[nH]c1ccccc12. The Labute approximate surface area is 299 Å². The van der Waals surface area contributed by atoms with Gasteiger partial charge in [0.15, 0.2) is 18.5 Å². The first-order valence-corrected chi connectivity index (χ1v) is 17.1. The van der Waals surface area contributed by atoms with E-state index in [9.17, 15) is 14.4 Å². The quantitative estimate of drug-likeness (QED) is 0.0995. The van der Waals surface area contributed by atoms with E-state index < -0.39 is 42.4 Å². The van der Waals surface area contributed by atoms with E-state index in [1.165, 1.54) is 0 Å². The van der Waals surface area contributed by atoms with E-state index in [4.69, 9.17) is 18.9 Å². The van der Waals surface area contributed by atoms with Crippen molar-refractivity contribution < 1.29 is 37.9 Å². The largest absolute Gasteiger partial charge is 0.459 e. The van der Waals surface area contributed by atoms with Gasteiger partial charge in [0.2, 0.25) is 6.10 Å². The third-order valence-corrected chi connectivity index (χ3v) is 9.72. The maximum Gasteiger partial charge on any atom is 0.338 e. The van der Waals surface area contributed by atoms with Gasteiger partial charge in [-0.3, -0.25) is 0 Å². The van der Waals surface area contributed by atoms with Crippen molar-refractivity contribution in [3.63, 3.8) is 0 Å². The summed E-state index contributed by atoms with van der Waals surface area (Å²) >= 11 is 0. The van der Waals surface area contributed by atoms with Crippen molar-refractivity contribution in [2.45, 2.75) is 38.4 Å². The van der Waals surface area contributed by atoms with Crippen molar-refractivity contribution in [3.05, 3.63) is 162 Å². The highest BCUT2D eigenvalue weighted by molar-refractivity contribution is 6.16. The summed E-state index contributed by atoms with van der Waals surface area (Å²) in [6, 6.07) is 36.0. The smallest absolute Gasteiger partial charge is 0.338 e. The molecule has 0 amide bonds. The molecule has 1 fully saturated rings. The molecule has 0 bridgehead atoms. The van der Waals surface area contributed by atoms with Gasteiger partial charge in [0, 0.05) is 27.7 Å². The van der Waals surface area contributed by atoms with E-state index in [2.05, 4.69) is 31.0 Å². The standard InChI is InChI=1S/C43H34N2O7/c1-26-33-24-45(23-22-31(33)27(2)37-36(26)32-20-12-13-21-34(32)44-37)40-39(52-43(48)30-18-10-5-11-19-30)38(51-42(47)29-16-8-4-9-17-29)35(50-40)25-49-41(46)28-14-6-3-7-15-28/h3-24,35,38-40H,25H2,1-2H3/p+1/t35-,38+,39-,40-/m1/s1. The average molecular weight is 692 g/mol. The lowest BCUT2D eigenvalue weighted by Gasteiger charge is -2.23. The first-order chi connectivity index (χ1) is 25.4. The van der Waals surface area contributed by atoms with E-state index in [0.29, 0.717) is 16.7 Å². The summed E-state index contributed by atoms with van der Waals surface area (Å²) < 4.78 is 26.5. The summed E-state index contributed by atoms with van der Waals surface area (Å²) in [5, 5.41) is 4.27. The van der Waals surface area contributed by atoms with Crippen molar-refractivity contribution in [1.29, 1.82) is 0 Å². The molecular weight excluding hydrogens is 656 g/mol. The summed E-state index contributed by atoms with van der Waals surface area (Å²) in [5.74, 6) is -1.81. The monoisotopic (exact) mass is 691 g/mol. The number of hydrogen-bond acceptors (Lipinski definition) is 7. The topological polar surface area (TPSA) is 108 Å². The van der Waals surface area contributed by atoms with Crippen LogP contribution in [0.3, 0.4) is 0 Å². The van der Waals surface area contributed by atoms with Crippen LogP contribution in [0.2, 0.25) is 0 Å². The summed E-state index contributed by atoms with van der Waals surface area (Å²) in [5.41, 5.74) is 5.28. The van der Waals surface area contributed by atoms with Gasteiger partial charge >= 0.3 is 24.1 Å². The van der Waals surface area contributed by atoms with Gasteiger partial charge in [0.1, 0.15) is 12.7 Å². The predicted octanol–water partition coefficient (Wildman–Crippen LogP) is 7.58. The fraction of sp³-hybridized carbons (Fsp3) is 0.163. The van der Waals surface area contributed by atoms with E-state index in [0.717, 1.165) is 43.7 Å². The summed E-state index contributed by atoms with van der Waals surface area (Å²) in [4.78, 5) is 43.9. The molecule has 0 radical (unpaired) electrons. The minimum absolute atomic E-state index is 0.265. The van der Waals surface area contributed by atoms with Crippen molar-refractivity contribution in [2.75, 3.05) is 6.61 Å². The predicted molar refractivity (Wildman–Crippen MR) is 195 cm³/mol. The Hall–Kier alpha value is -6.32. The Morgan fingerprint density at radius 2 is 1.19 bits per heavy atom. The van der Waals surface area contributed by atoms with Crippen molar-refractivity contribution in [2.24, 2.45) is 0 Å². The lowest BCUT2D eigenvalue weighted by atomic mass is 9.97. The number of nitrogens with one attached hydrogen (secondary N) is 1. The number of fused-ring (bicyclic) bond motifs is 4. The molecule has 258 valence electrons. The maximum absolute atomic E-state index is 13.7. The lowest BCUT2D eigenvalue weighted by molar-refractivity contribution is -0.764. The van der Waals surface area contributed by atoms with E-state index in [-0.39, 0.29) is 6.61 Å². The molecule has 1 aliphatic rings. The second-order valence-corrected chi connectivity index (χ2v) is 12.9. The number of aromatic nitrogens is 2. The molecule has 0 saturated carbocycles. The van der Waals surface area contributed by atoms with Gasteiger partial charge < -0.3 is 23.9 Å². The van der Waals surface area contributed by atoms with Crippen LogP contribution in [0, 0.1) is 13.8 Å². The molecular formula is C43H35N2O7+. The number of ether oxygens (including phenoxy) is 4. The highest BCUT2D eigenvalue weighted by Gasteiger charge is 2.55. The Kier molecular flexibility index (Phi) is 8.70. The maximum atomic E-state index is 13.7. The zero-order valence-electron chi connectivity index (χ0n) is 28.5. The van der Waals surface area contributed by atoms with Crippen LogP contribution >= 0.6 is 0 Å². The van der Waals surface area contributed by atoms with Gasteiger partial charge in [-0.15, -0.1) is 0 Å². The first kappa shape index (κ1) is 32.9. The Balaban J connectivity index is 1.22. The third-order valence-electron chi connectivity index (χ3n) is 9.72. The van der Waals surface area contributed by atoms with Crippen LogP contribution in [-0.2, 0) is 18.9 Å². The van der Waals surface area contributed by atoms with Crippen LogP contribution in [0.5, 0.6) is 0 Å². The Morgan fingerprint density at radius 1 is 0.635 bits per heavy atom. The van der Waals surface area contributed by atoms with Crippen molar-refractivity contribution >= 4 is 50.5 Å². The van der Waals surface area contributed by atoms with Crippen LogP contribution in [-0.4, -0.2) is 47.8 Å². The minimum atomic E-state index is -1.14. The number of para-hydroxylation sites is 1. The molecule has 7 aromatic rings. The molecule has 1 N–H and O–H groups in total. The summed E-state index contributed by atoms with van der Waals surface area (Å²) in [7, 11) is 0. The molecule has 52 heavy (non-hydrogen) atoms. The van der Waals surface area contributed by atoms with Crippen LogP contribution in [0.25, 0.3) is 32.6 Å². The number of H-pyrrole nitrogens is 1. The van der Waals surface area contributed by atoms with Gasteiger partial charge in [-0.25, -0.2) is 14.4 Å².